The molecular weight excluding hydrogens is 420 g/mol. The summed E-state index contributed by atoms with van der Waals surface area (Å²) in [6.45, 7) is 10.9. The Morgan fingerprint density at radius 3 is 2.72 bits per heavy atom. The zero-order chi connectivity index (χ0) is 22.7. The van der Waals surface area contributed by atoms with E-state index in [0.717, 1.165) is 21.6 Å². The number of rotatable bonds is 5. The van der Waals surface area contributed by atoms with Crippen molar-refractivity contribution in [1.29, 1.82) is 0 Å². The standard InChI is InChI=1S/C25H26N4O2S/c1-5-12-26-24-29(27-14-17-6-9-19(10-7-17)25(2,3)4)21(16-32-24)18-8-11-22-20(13-18)28-23(30)15-31-22/h5-11,13-14,16H,1,12,15H2,2-4H3,(H,28,30). The molecule has 0 radical (unpaired) electrons. The summed E-state index contributed by atoms with van der Waals surface area (Å²) >= 11 is 1.51. The zero-order valence-corrected chi connectivity index (χ0v) is 19.3. The van der Waals surface area contributed by atoms with Gasteiger partial charge in [0.25, 0.3) is 5.91 Å². The van der Waals surface area contributed by atoms with E-state index in [0.29, 0.717) is 18.0 Å². The zero-order valence-electron chi connectivity index (χ0n) is 18.5. The molecule has 4 rings (SSSR count). The molecule has 1 amide bonds. The maximum Gasteiger partial charge on any atom is 0.262 e. The summed E-state index contributed by atoms with van der Waals surface area (Å²) in [7, 11) is 0. The van der Waals surface area contributed by atoms with Crippen molar-refractivity contribution in [3.05, 3.63) is 76.4 Å². The number of anilines is 1. The van der Waals surface area contributed by atoms with Gasteiger partial charge in [-0.05, 0) is 34.7 Å². The van der Waals surface area contributed by atoms with E-state index >= 15 is 0 Å². The predicted octanol–water partition coefficient (Wildman–Crippen LogP) is 4.81. The first-order valence-corrected chi connectivity index (χ1v) is 11.3. The summed E-state index contributed by atoms with van der Waals surface area (Å²) in [6.07, 6.45) is 3.59. The fourth-order valence-electron chi connectivity index (χ4n) is 3.30. The second-order valence-corrected chi connectivity index (χ2v) is 9.35. The molecule has 1 aliphatic rings. The molecule has 0 saturated carbocycles. The second-order valence-electron chi connectivity index (χ2n) is 8.51. The van der Waals surface area contributed by atoms with Crippen LogP contribution in [0.1, 0.15) is 31.9 Å². The molecule has 6 nitrogen and oxygen atoms in total. The lowest BCUT2D eigenvalue weighted by Gasteiger charge is -2.18. The van der Waals surface area contributed by atoms with E-state index in [1.807, 2.05) is 34.5 Å². The number of hydrogen-bond acceptors (Lipinski definition) is 5. The quantitative estimate of drug-likeness (QED) is 0.451. The fourth-order valence-corrected chi connectivity index (χ4v) is 4.14. The van der Waals surface area contributed by atoms with E-state index < -0.39 is 0 Å². The van der Waals surface area contributed by atoms with Crippen LogP contribution < -0.4 is 14.9 Å². The van der Waals surface area contributed by atoms with Gasteiger partial charge in [0.15, 0.2) is 6.61 Å². The number of ether oxygens (including phenoxy) is 1. The van der Waals surface area contributed by atoms with Gasteiger partial charge in [-0.1, -0.05) is 51.1 Å². The van der Waals surface area contributed by atoms with Crippen LogP contribution in [0.5, 0.6) is 5.75 Å². The lowest BCUT2D eigenvalue weighted by molar-refractivity contribution is -0.118. The molecule has 7 heteroatoms. The van der Waals surface area contributed by atoms with Crippen LogP contribution in [0, 0.1) is 0 Å². The summed E-state index contributed by atoms with van der Waals surface area (Å²) in [4.78, 5) is 17.1. The van der Waals surface area contributed by atoms with Crippen LogP contribution in [-0.4, -0.2) is 29.9 Å². The number of nitrogens with one attached hydrogen (secondary N) is 1. The highest BCUT2D eigenvalue weighted by Gasteiger charge is 2.18. The number of amides is 1. The molecule has 2 aromatic carbocycles. The maximum absolute atomic E-state index is 11.7. The van der Waals surface area contributed by atoms with Crippen LogP contribution in [-0.2, 0) is 10.2 Å². The Morgan fingerprint density at radius 2 is 2.00 bits per heavy atom. The molecular formula is C25H26N4O2S. The van der Waals surface area contributed by atoms with Gasteiger partial charge in [-0.25, -0.2) is 4.68 Å². The van der Waals surface area contributed by atoms with Crippen molar-refractivity contribution in [3.8, 4) is 17.0 Å². The largest absolute Gasteiger partial charge is 0.482 e. The number of benzene rings is 2. The predicted molar refractivity (Wildman–Crippen MR) is 131 cm³/mol. The highest BCUT2D eigenvalue weighted by Crippen LogP contribution is 2.33. The van der Waals surface area contributed by atoms with Crippen LogP contribution in [0.2, 0.25) is 0 Å². The maximum atomic E-state index is 11.7. The normalized spacial score (nSPS) is 14.2. The van der Waals surface area contributed by atoms with E-state index in [4.69, 9.17) is 9.84 Å². The smallest absolute Gasteiger partial charge is 0.262 e. The minimum atomic E-state index is -0.161. The van der Waals surface area contributed by atoms with E-state index in [9.17, 15) is 4.79 Å². The Balaban J connectivity index is 1.72. The molecule has 32 heavy (non-hydrogen) atoms. The van der Waals surface area contributed by atoms with Crippen LogP contribution in [0.4, 0.5) is 5.69 Å². The van der Waals surface area contributed by atoms with Gasteiger partial charge in [-0.2, -0.15) is 5.10 Å². The molecule has 2 heterocycles. The molecule has 1 aromatic heterocycles. The molecule has 0 saturated heterocycles. The van der Waals surface area contributed by atoms with Crippen molar-refractivity contribution < 1.29 is 9.53 Å². The summed E-state index contributed by atoms with van der Waals surface area (Å²) < 4.78 is 7.30. The minimum absolute atomic E-state index is 0.0354. The highest BCUT2D eigenvalue weighted by molar-refractivity contribution is 7.07. The molecule has 1 N–H and O–H groups in total. The topological polar surface area (TPSA) is 68.0 Å². The van der Waals surface area contributed by atoms with Crippen LogP contribution >= 0.6 is 11.3 Å². The van der Waals surface area contributed by atoms with Crippen molar-refractivity contribution in [1.82, 2.24) is 4.68 Å². The van der Waals surface area contributed by atoms with Gasteiger partial charge in [0.05, 0.1) is 24.1 Å². The van der Waals surface area contributed by atoms with Crippen molar-refractivity contribution in [2.45, 2.75) is 26.2 Å². The third-order valence-corrected chi connectivity index (χ3v) is 5.90. The Kier molecular flexibility index (Phi) is 6.10. The van der Waals surface area contributed by atoms with E-state index in [-0.39, 0.29) is 17.9 Å². The molecule has 0 unspecified atom stereocenters. The number of nitrogens with zero attached hydrogens (tertiary/aromatic N) is 3. The molecule has 3 aromatic rings. The highest BCUT2D eigenvalue weighted by atomic mass is 32.1. The summed E-state index contributed by atoms with van der Waals surface area (Å²) in [5.41, 5.74) is 4.83. The summed E-state index contributed by atoms with van der Waals surface area (Å²) in [5.74, 6) is 0.500. The van der Waals surface area contributed by atoms with Gasteiger partial charge < -0.3 is 10.1 Å². The minimum Gasteiger partial charge on any atom is -0.482 e. The van der Waals surface area contributed by atoms with E-state index in [1.54, 1.807) is 6.08 Å². The Labute approximate surface area is 191 Å². The fraction of sp³-hybridized carbons (Fsp3) is 0.240. The molecule has 0 aliphatic carbocycles. The van der Waals surface area contributed by atoms with Gasteiger partial charge in [0, 0.05) is 10.9 Å². The van der Waals surface area contributed by atoms with Gasteiger partial charge >= 0.3 is 0 Å². The Hall–Kier alpha value is -3.45. The first kappa shape index (κ1) is 21.8. The third-order valence-electron chi connectivity index (χ3n) is 5.05. The molecule has 0 spiro atoms. The first-order valence-electron chi connectivity index (χ1n) is 10.4. The molecule has 0 bridgehead atoms. The van der Waals surface area contributed by atoms with Crippen LogP contribution in [0.25, 0.3) is 11.3 Å². The molecule has 1 aliphatic heterocycles. The summed E-state index contributed by atoms with van der Waals surface area (Å²) in [6, 6.07) is 14.1. The number of carbonyl (C=O) groups excluding carboxylic acids is 1. The lowest BCUT2D eigenvalue weighted by atomic mass is 9.87. The Bertz CT molecular complexity index is 1240. The van der Waals surface area contributed by atoms with Crippen molar-refractivity contribution in [3.63, 3.8) is 0 Å². The second kappa shape index (κ2) is 8.96. The number of hydrogen-bond donors (Lipinski definition) is 1. The van der Waals surface area contributed by atoms with E-state index in [2.05, 4.69) is 61.9 Å². The number of thiazole rings is 1. The van der Waals surface area contributed by atoms with Gasteiger partial charge in [0.1, 0.15) is 5.75 Å². The SMILES string of the molecule is C=CCN=c1scc(-c2ccc3c(c2)NC(=O)CO3)n1N=Cc1ccc(C(C)(C)C)cc1. The van der Waals surface area contributed by atoms with Crippen molar-refractivity contribution >= 4 is 29.1 Å². The van der Waals surface area contributed by atoms with Crippen molar-refractivity contribution in [2.75, 3.05) is 18.5 Å². The monoisotopic (exact) mass is 446 g/mol. The van der Waals surface area contributed by atoms with Crippen LogP contribution in [0.3, 0.4) is 0 Å². The number of carbonyl (C=O) groups is 1. The lowest BCUT2D eigenvalue weighted by Crippen LogP contribution is -2.25. The molecule has 0 atom stereocenters. The van der Waals surface area contributed by atoms with E-state index in [1.165, 1.54) is 16.9 Å². The molecule has 164 valence electrons. The third kappa shape index (κ3) is 4.73. The van der Waals surface area contributed by atoms with Gasteiger partial charge in [-0.15, -0.1) is 17.9 Å². The van der Waals surface area contributed by atoms with Gasteiger partial charge in [0.2, 0.25) is 4.80 Å². The number of aromatic nitrogens is 1. The average molecular weight is 447 g/mol. The average Bonchev–Trinajstić information content (AvgIpc) is 3.18. The summed E-state index contributed by atoms with van der Waals surface area (Å²) in [5, 5.41) is 9.61. The van der Waals surface area contributed by atoms with Gasteiger partial charge in [-0.3, -0.25) is 9.79 Å². The first-order chi connectivity index (χ1) is 15.3. The molecule has 0 fully saturated rings. The number of fused-ring (bicyclic) bond motifs is 1. The van der Waals surface area contributed by atoms with Crippen LogP contribution in [0.15, 0.2) is 70.6 Å². The van der Waals surface area contributed by atoms with Crippen molar-refractivity contribution in [2.24, 2.45) is 10.1 Å². The Morgan fingerprint density at radius 1 is 1.22 bits per heavy atom.